The van der Waals surface area contributed by atoms with Gasteiger partial charge in [-0.2, -0.15) is 0 Å². The fourth-order valence-corrected chi connectivity index (χ4v) is 3.00. The number of hydrogen-bond acceptors (Lipinski definition) is 2. The number of rotatable bonds is 9. The largest absolute Gasteiger partial charge is 0.355 e. The molecule has 0 heterocycles. The summed E-state index contributed by atoms with van der Waals surface area (Å²) in [5, 5.41) is 3.06. The third kappa shape index (κ3) is 6.47. The molecular formula is C17H27NOS. The molecule has 1 rings (SSSR count). The topological polar surface area (TPSA) is 29.1 Å². The summed E-state index contributed by atoms with van der Waals surface area (Å²) in [6.07, 6.45) is 4.83. The first-order valence-electron chi connectivity index (χ1n) is 7.66. The van der Waals surface area contributed by atoms with E-state index < -0.39 is 0 Å². The zero-order valence-electron chi connectivity index (χ0n) is 12.9. The first-order chi connectivity index (χ1) is 9.67. The van der Waals surface area contributed by atoms with Gasteiger partial charge in [-0.1, -0.05) is 51.3 Å². The summed E-state index contributed by atoms with van der Waals surface area (Å²) in [6.45, 7) is 7.20. The van der Waals surface area contributed by atoms with Gasteiger partial charge in [0.1, 0.15) is 0 Å². The predicted octanol–water partition coefficient (Wildman–Crippen LogP) is 4.50. The Labute approximate surface area is 127 Å². The first kappa shape index (κ1) is 17.1. The summed E-state index contributed by atoms with van der Waals surface area (Å²) in [5.74, 6) is 0.765. The number of thioether (sulfide) groups is 1. The van der Waals surface area contributed by atoms with Crippen LogP contribution in [-0.2, 0) is 4.79 Å². The van der Waals surface area contributed by atoms with Crippen molar-refractivity contribution in [3.8, 4) is 0 Å². The molecule has 0 aliphatic heterocycles. The highest BCUT2D eigenvalue weighted by Crippen LogP contribution is 2.22. The maximum atomic E-state index is 12.1. The third-order valence-electron chi connectivity index (χ3n) is 3.53. The number of nitrogens with one attached hydrogen (secondary N) is 1. The van der Waals surface area contributed by atoms with Crippen LogP contribution in [0.25, 0.3) is 0 Å². The Morgan fingerprint density at radius 1 is 1.25 bits per heavy atom. The summed E-state index contributed by atoms with van der Waals surface area (Å²) in [6, 6.07) is 10.1. The maximum absolute atomic E-state index is 12.1. The van der Waals surface area contributed by atoms with E-state index in [9.17, 15) is 4.79 Å². The van der Waals surface area contributed by atoms with Crippen LogP contribution in [0, 0.1) is 5.92 Å². The van der Waals surface area contributed by atoms with Crippen molar-refractivity contribution in [1.29, 1.82) is 0 Å². The normalized spacial score (nSPS) is 13.8. The van der Waals surface area contributed by atoms with Crippen molar-refractivity contribution >= 4 is 17.7 Å². The molecule has 112 valence electrons. The van der Waals surface area contributed by atoms with E-state index >= 15 is 0 Å². The van der Waals surface area contributed by atoms with Gasteiger partial charge < -0.3 is 5.32 Å². The van der Waals surface area contributed by atoms with Crippen LogP contribution in [0.3, 0.4) is 0 Å². The minimum absolute atomic E-state index is 0.0407. The highest BCUT2D eigenvalue weighted by atomic mass is 32.2. The molecule has 3 heteroatoms. The van der Waals surface area contributed by atoms with Gasteiger partial charge in [-0.3, -0.25) is 4.79 Å². The average Bonchev–Trinajstić information content (AvgIpc) is 2.48. The summed E-state index contributed by atoms with van der Waals surface area (Å²) < 4.78 is 0. The van der Waals surface area contributed by atoms with Gasteiger partial charge in [-0.25, -0.2) is 0 Å². The number of amides is 1. The third-order valence-corrected chi connectivity index (χ3v) is 4.65. The molecule has 0 aromatic heterocycles. The van der Waals surface area contributed by atoms with Crippen LogP contribution in [0.1, 0.15) is 46.5 Å². The summed E-state index contributed by atoms with van der Waals surface area (Å²) in [7, 11) is 0. The summed E-state index contributed by atoms with van der Waals surface area (Å²) >= 11 is 1.62. The lowest BCUT2D eigenvalue weighted by Crippen LogP contribution is -2.34. The van der Waals surface area contributed by atoms with E-state index in [1.165, 1.54) is 19.3 Å². The van der Waals surface area contributed by atoms with Crippen molar-refractivity contribution in [2.24, 2.45) is 5.92 Å². The molecule has 20 heavy (non-hydrogen) atoms. The van der Waals surface area contributed by atoms with Gasteiger partial charge in [0.15, 0.2) is 0 Å². The van der Waals surface area contributed by atoms with E-state index in [-0.39, 0.29) is 11.2 Å². The van der Waals surface area contributed by atoms with Crippen molar-refractivity contribution in [3.05, 3.63) is 30.3 Å². The van der Waals surface area contributed by atoms with Crippen LogP contribution >= 0.6 is 11.8 Å². The molecule has 1 aromatic carbocycles. The Balaban J connectivity index is 2.34. The molecule has 0 spiro atoms. The van der Waals surface area contributed by atoms with Gasteiger partial charge in [0.05, 0.1) is 5.25 Å². The molecule has 0 bridgehead atoms. The molecule has 1 aromatic rings. The van der Waals surface area contributed by atoms with Crippen molar-refractivity contribution in [2.45, 2.75) is 56.6 Å². The van der Waals surface area contributed by atoms with E-state index in [0.29, 0.717) is 5.92 Å². The highest BCUT2D eigenvalue weighted by molar-refractivity contribution is 8.00. The average molecular weight is 293 g/mol. The minimum atomic E-state index is -0.0407. The van der Waals surface area contributed by atoms with Gasteiger partial charge in [-0.15, -0.1) is 11.8 Å². The monoisotopic (exact) mass is 293 g/mol. The molecule has 0 aliphatic carbocycles. The Bertz CT molecular complexity index is 380. The lowest BCUT2D eigenvalue weighted by atomic mass is 9.99. The second kappa shape index (κ2) is 9.87. The Morgan fingerprint density at radius 2 is 1.95 bits per heavy atom. The fourth-order valence-electron chi connectivity index (χ4n) is 2.09. The van der Waals surface area contributed by atoms with E-state index in [4.69, 9.17) is 0 Å². The van der Waals surface area contributed by atoms with Crippen LogP contribution in [-0.4, -0.2) is 17.7 Å². The van der Waals surface area contributed by atoms with Crippen LogP contribution in [0.4, 0.5) is 0 Å². The number of unbranched alkanes of at least 4 members (excludes halogenated alkanes) is 1. The van der Waals surface area contributed by atoms with Crippen molar-refractivity contribution < 1.29 is 4.79 Å². The van der Waals surface area contributed by atoms with Crippen LogP contribution < -0.4 is 5.32 Å². The Hall–Kier alpha value is -0.960. The first-order valence-corrected chi connectivity index (χ1v) is 8.54. The Morgan fingerprint density at radius 3 is 2.55 bits per heavy atom. The molecule has 0 fully saturated rings. The van der Waals surface area contributed by atoms with Gasteiger partial charge in [-0.05, 0) is 31.4 Å². The second-order valence-electron chi connectivity index (χ2n) is 5.23. The van der Waals surface area contributed by atoms with Crippen LogP contribution in [0.2, 0.25) is 0 Å². The molecular weight excluding hydrogens is 266 g/mol. The van der Waals surface area contributed by atoms with E-state index in [0.717, 1.165) is 17.9 Å². The molecule has 0 saturated carbocycles. The van der Waals surface area contributed by atoms with Gasteiger partial charge in [0.25, 0.3) is 0 Å². The number of benzene rings is 1. The Kier molecular flexibility index (Phi) is 8.43. The minimum Gasteiger partial charge on any atom is -0.355 e. The summed E-state index contributed by atoms with van der Waals surface area (Å²) in [5.41, 5.74) is 0. The number of carbonyl (C=O) groups excluding carboxylic acids is 1. The molecule has 0 aliphatic rings. The number of carbonyl (C=O) groups is 1. The van der Waals surface area contributed by atoms with Crippen molar-refractivity contribution in [2.75, 3.05) is 6.54 Å². The fraction of sp³-hybridized carbons (Fsp3) is 0.588. The maximum Gasteiger partial charge on any atom is 0.233 e. The highest BCUT2D eigenvalue weighted by Gasteiger charge is 2.15. The molecule has 1 amide bonds. The smallest absolute Gasteiger partial charge is 0.233 e. The second-order valence-corrected chi connectivity index (χ2v) is 6.65. The van der Waals surface area contributed by atoms with Crippen LogP contribution in [0.5, 0.6) is 0 Å². The van der Waals surface area contributed by atoms with E-state index in [1.54, 1.807) is 11.8 Å². The molecule has 0 saturated heterocycles. The zero-order valence-corrected chi connectivity index (χ0v) is 13.7. The quantitative estimate of drug-likeness (QED) is 0.679. The van der Waals surface area contributed by atoms with Crippen molar-refractivity contribution in [3.63, 3.8) is 0 Å². The standard InChI is InChI=1S/C17H27NOS/c1-4-6-10-15(5-2)13-18-17(19)14(3)20-16-11-8-7-9-12-16/h7-9,11-12,14-15H,4-6,10,13H2,1-3H3,(H,18,19)/t14-,15+/m1/s1. The molecule has 0 radical (unpaired) electrons. The molecule has 0 unspecified atom stereocenters. The SMILES string of the molecule is CCCC[C@H](CC)CNC(=O)[C@@H](C)Sc1ccccc1. The lowest BCUT2D eigenvalue weighted by molar-refractivity contribution is -0.120. The van der Waals surface area contributed by atoms with Gasteiger partial charge >= 0.3 is 0 Å². The van der Waals surface area contributed by atoms with Crippen molar-refractivity contribution in [1.82, 2.24) is 5.32 Å². The summed E-state index contributed by atoms with van der Waals surface area (Å²) in [4.78, 5) is 13.3. The predicted molar refractivity (Wildman–Crippen MR) is 88.1 cm³/mol. The number of hydrogen-bond donors (Lipinski definition) is 1. The van der Waals surface area contributed by atoms with E-state index in [2.05, 4.69) is 19.2 Å². The molecule has 2 atom stereocenters. The molecule has 1 N–H and O–H groups in total. The van der Waals surface area contributed by atoms with Gasteiger partial charge in [0.2, 0.25) is 5.91 Å². The van der Waals surface area contributed by atoms with E-state index in [1.807, 2.05) is 37.3 Å². The zero-order chi connectivity index (χ0) is 14.8. The van der Waals surface area contributed by atoms with Gasteiger partial charge in [0, 0.05) is 11.4 Å². The lowest BCUT2D eigenvalue weighted by Gasteiger charge is -2.17. The molecule has 2 nitrogen and oxygen atoms in total. The van der Waals surface area contributed by atoms with Crippen LogP contribution in [0.15, 0.2) is 35.2 Å².